The minimum absolute atomic E-state index is 0.284. The lowest BCUT2D eigenvalue weighted by Crippen LogP contribution is -2.20. The Morgan fingerprint density at radius 3 is 2.71 bits per heavy atom. The summed E-state index contributed by atoms with van der Waals surface area (Å²) >= 11 is 0. The molecule has 2 aromatic carbocycles. The maximum absolute atomic E-state index is 12.6. The molecule has 0 aliphatic heterocycles. The van der Waals surface area contributed by atoms with Crippen molar-refractivity contribution in [1.82, 2.24) is 19.5 Å². The molecule has 0 saturated carbocycles. The molecule has 8 nitrogen and oxygen atoms in total. The van der Waals surface area contributed by atoms with Gasteiger partial charge < -0.3 is 10.1 Å². The van der Waals surface area contributed by atoms with Crippen molar-refractivity contribution in [2.45, 2.75) is 6.42 Å². The first-order chi connectivity index (χ1) is 15.1. The zero-order chi connectivity index (χ0) is 21.8. The van der Waals surface area contributed by atoms with Crippen molar-refractivity contribution in [2.24, 2.45) is 0 Å². The number of hydrogen-bond acceptors (Lipinski definition) is 6. The quantitative estimate of drug-likeness (QED) is 0.488. The van der Waals surface area contributed by atoms with E-state index >= 15 is 0 Å². The molecule has 0 saturated heterocycles. The van der Waals surface area contributed by atoms with Gasteiger partial charge in [-0.2, -0.15) is 0 Å². The molecule has 1 amide bonds. The third-order valence-electron chi connectivity index (χ3n) is 4.62. The molecule has 31 heavy (non-hydrogen) atoms. The van der Waals surface area contributed by atoms with Crippen LogP contribution in [0.4, 0.5) is 5.69 Å². The van der Waals surface area contributed by atoms with Gasteiger partial charge in [-0.15, -0.1) is 0 Å². The highest BCUT2D eigenvalue weighted by molar-refractivity contribution is 5.98. The predicted molar refractivity (Wildman–Crippen MR) is 118 cm³/mol. The number of nitrogens with zero attached hydrogens (tertiary/aromatic N) is 4. The predicted octanol–water partition coefficient (Wildman–Crippen LogP) is 2.90. The van der Waals surface area contributed by atoms with Crippen LogP contribution in [0.1, 0.15) is 11.4 Å². The first-order valence-electron chi connectivity index (χ1n) is 9.48. The van der Waals surface area contributed by atoms with E-state index in [9.17, 15) is 9.59 Å². The number of nitrogens with one attached hydrogen (secondary N) is 1. The number of carbonyl (C=O) groups is 1. The molecular weight excluding hydrogens is 394 g/mol. The topological polar surface area (TPSA) is 99.0 Å². The Balaban J connectivity index is 1.72. The van der Waals surface area contributed by atoms with E-state index < -0.39 is 0 Å². The van der Waals surface area contributed by atoms with Crippen molar-refractivity contribution in [3.05, 3.63) is 95.3 Å². The summed E-state index contributed by atoms with van der Waals surface area (Å²) in [6, 6.07) is 14.5. The van der Waals surface area contributed by atoms with E-state index in [1.54, 1.807) is 43.6 Å². The zero-order valence-corrected chi connectivity index (χ0v) is 16.8. The Kier molecular flexibility index (Phi) is 5.53. The van der Waals surface area contributed by atoms with Gasteiger partial charge in [0.05, 0.1) is 25.2 Å². The van der Waals surface area contributed by atoms with Crippen molar-refractivity contribution >= 4 is 22.8 Å². The second-order valence-corrected chi connectivity index (χ2v) is 6.70. The molecule has 0 bridgehead atoms. The average molecular weight is 413 g/mol. The molecule has 8 heteroatoms. The molecule has 0 unspecified atom stereocenters. The van der Waals surface area contributed by atoms with Gasteiger partial charge in [0.25, 0.3) is 5.56 Å². The standard InChI is InChI=1S/C23H19N5O3/c1-3-21(29)26-16-6-4-5-15(11-16)12-20-25-13-19-23(27-20)28(22(30)14-24-19)17-7-9-18(31-2)10-8-17/h3-11,13-14H,1,12H2,2H3,(H,26,29). The number of amides is 1. The van der Waals surface area contributed by atoms with Gasteiger partial charge in [0.2, 0.25) is 5.91 Å². The van der Waals surface area contributed by atoms with Crippen molar-refractivity contribution in [3.8, 4) is 11.4 Å². The fourth-order valence-corrected chi connectivity index (χ4v) is 3.15. The summed E-state index contributed by atoms with van der Waals surface area (Å²) in [5.41, 5.74) is 2.84. The molecule has 1 N–H and O–H groups in total. The first-order valence-corrected chi connectivity index (χ1v) is 9.48. The molecule has 154 valence electrons. The van der Waals surface area contributed by atoms with Gasteiger partial charge in [-0.25, -0.2) is 15.0 Å². The molecule has 2 aromatic heterocycles. The van der Waals surface area contributed by atoms with Gasteiger partial charge in [-0.1, -0.05) is 18.7 Å². The zero-order valence-electron chi connectivity index (χ0n) is 16.8. The van der Waals surface area contributed by atoms with E-state index in [4.69, 9.17) is 4.74 Å². The maximum atomic E-state index is 12.6. The van der Waals surface area contributed by atoms with E-state index in [0.29, 0.717) is 40.5 Å². The second-order valence-electron chi connectivity index (χ2n) is 6.70. The summed E-state index contributed by atoms with van der Waals surface area (Å²) < 4.78 is 6.69. The summed E-state index contributed by atoms with van der Waals surface area (Å²) in [6.45, 7) is 3.45. The average Bonchev–Trinajstić information content (AvgIpc) is 2.79. The fraction of sp³-hybridized carbons (Fsp3) is 0.0870. The Morgan fingerprint density at radius 2 is 1.97 bits per heavy atom. The summed E-state index contributed by atoms with van der Waals surface area (Å²) in [4.78, 5) is 37.3. The lowest BCUT2D eigenvalue weighted by molar-refractivity contribution is -0.111. The Bertz CT molecular complexity index is 1330. The van der Waals surface area contributed by atoms with Crippen LogP contribution in [-0.2, 0) is 11.2 Å². The Morgan fingerprint density at radius 1 is 1.16 bits per heavy atom. The summed E-state index contributed by atoms with van der Waals surface area (Å²) in [5, 5.41) is 2.73. The Hall–Kier alpha value is -4.33. The van der Waals surface area contributed by atoms with Gasteiger partial charge in [0.1, 0.15) is 17.1 Å². The molecule has 0 atom stereocenters. The van der Waals surface area contributed by atoms with Gasteiger partial charge >= 0.3 is 0 Å². The number of fused-ring (bicyclic) bond motifs is 1. The van der Waals surface area contributed by atoms with Gasteiger partial charge in [0, 0.05) is 12.1 Å². The minimum atomic E-state index is -0.295. The van der Waals surface area contributed by atoms with Gasteiger partial charge in [-0.3, -0.25) is 14.2 Å². The SMILES string of the molecule is C=CC(=O)Nc1cccc(Cc2ncc3ncc(=O)n(-c4ccc(OC)cc4)c3n2)c1. The highest BCUT2D eigenvalue weighted by Gasteiger charge is 2.11. The summed E-state index contributed by atoms with van der Waals surface area (Å²) in [6.07, 6.45) is 4.48. The number of hydrogen-bond donors (Lipinski definition) is 1. The van der Waals surface area contributed by atoms with Crippen LogP contribution in [0, 0.1) is 0 Å². The van der Waals surface area contributed by atoms with Crippen LogP contribution in [0.25, 0.3) is 16.9 Å². The monoisotopic (exact) mass is 413 g/mol. The van der Waals surface area contributed by atoms with Gasteiger partial charge in [0.15, 0.2) is 5.65 Å². The van der Waals surface area contributed by atoms with Crippen molar-refractivity contribution in [3.63, 3.8) is 0 Å². The number of benzene rings is 2. The molecule has 0 aliphatic rings. The number of anilines is 1. The lowest BCUT2D eigenvalue weighted by atomic mass is 10.1. The Labute approximate surface area is 177 Å². The lowest BCUT2D eigenvalue weighted by Gasteiger charge is -2.11. The maximum Gasteiger partial charge on any atom is 0.275 e. The van der Waals surface area contributed by atoms with E-state index in [-0.39, 0.29) is 11.5 Å². The number of rotatable bonds is 6. The molecule has 0 fully saturated rings. The highest BCUT2D eigenvalue weighted by atomic mass is 16.5. The summed E-state index contributed by atoms with van der Waals surface area (Å²) in [7, 11) is 1.58. The minimum Gasteiger partial charge on any atom is -0.497 e. The van der Waals surface area contributed by atoms with Crippen LogP contribution in [-0.4, -0.2) is 32.5 Å². The number of ether oxygens (including phenoxy) is 1. The molecule has 4 aromatic rings. The highest BCUT2D eigenvalue weighted by Crippen LogP contribution is 2.18. The number of carbonyl (C=O) groups excluding carboxylic acids is 1. The number of aromatic nitrogens is 4. The van der Waals surface area contributed by atoms with Crippen LogP contribution >= 0.6 is 0 Å². The van der Waals surface area contributed by atoms with Crippen LogP contribution in [0.2, 0.25) is 0 Å². The molecule has 0 aliphatic carbocycles. The smallest absolute Gasteiger partial charge is 0.275 e. The number of methoxy groups -OCH3 is 1. The molecule has 4 rings (SSSR count). The van der Waals surface area contributed by atoms with Gasteiger partial charge in [-0.05, 0) is 48.0 Å². The molecule has 0 spiro atoms. The normalized spacial score (nSPS) is 10.6. The fourth-order valence-electron chi connectivity index (χ4n) is 3.15. The van der Waals surface area contributed by atoms with Crippen molar-refractivity contribution in [1.29, 1.82) is 0 Å². The van der Waals surface area contributed by atoms with E-state index in [1.807, 2.05) is 18.2 Å². The third kappa shape index (κ3) is 4.32. The second kappa shape index (κ2) is 8.58. The van der Waals surface area contributed by atoms with Crippen LogP contribution in [0.15, 0.2) is 78.4 Å². The van der Waals surface area contributed by atoms with Crippen molar-refractivity contribution in [2.75, 3.05) is 12.4 Å². The van der Waals surface area contributed by atoms with E-state index in [0.717, 1.165) is 5.56 Å². The molecule has 2 heterocycles. The van der Waals surface area contributed by atoms with Crippen LogP contribution in [0.5, 0.6) is 5.75 Å². The molecular formula is C23H19N5O3. The van der Waals surface area contributed by atoms with E-state index in [2.05, 4.69) is 26.8 Å². The first kappa shape index (κ1) is 20.0. The largest absolute Gasteiger partial charge is 0.497 e. The third-order valence-corrected chi connectivity index (χ3v) is 4.62. The summed E-state index contributed by atoms with van der Waals surface area (Å²) in [5.74, 6) is 0.928. The van der Waals surface area contributed by atoms with E-state index in [1.165, 1.54) is 16.8 Å². The van der Waals surface area contributed by atoms with Crippen LogP contribution in [0.3, 0.4) is 0 Å². The molecule has 0 radical (unpaired) electrons. The van der Waals surface area contributed by atoms with Crippen LogP contribution < -0.4 is 15.6 Å². The van der Waals surface area contributed by atoms with Crippen molar-refractivity contribution < 1.29 is 9.53 Å².